The Balaban J connectivity index is 1.73. The lowest BCUT2D eigenvalue weighted by Gasteiger charge is -2.31. The summed E-state index contributed by atoms with van der Waals surface area (Å²) >= 11 is 0. The summed E-state index contributed by atoms with van der Waals surface area (Å²) in [7, 11) is 2.21. The molecule has 0 bridgehead atoms. The molecule has 1 aromatic rings. The molecule has 1 heterocycles. The SMILES string of the molecule is Cc1cc([N+](=O)[O-])cnc1NCCCN(C)C1CCCCC1. The summed E-state index contributed by atoms with van der Waals surface area (Å²) < 4.78 is 0. The van der Waals surface area contributed by atoms with Gasteiger partial charge in [-0.3, -0.25) is 10.1 Å². The maximum atomic E-state index is 10.7. The molecule has 0 aromatic carbocycles. The van der Waals surface area contributed by atoms with E-state index in [1.54, 1.807) is 6.07 Å². The van der Waals surface area contributed by atoms with Gasteiger partial charge in [-0.05, 0) is 45.3 Å². The Labute approximate surface area is 132 Å². The highest BCUT2D eigenvalue weighted by atomic mass is 16.6. The molecule has 2 rings (SSSR count). The second kappa shape index (κ2) is 8.08. The van der Waals surface area contributed by atoms with Crippen LogP contribution < -0.4 is 5.32 Å². The average Bonchev–Trinajstić information content (AvgIpc) is 2.53. The van der Waals surface area contributed by atoms with Gasteiger partial charge in [-0.15, -0.1) is 0 Å². The molecule has 1 aliphatic carbocycles. The van der Waals surface area contributed by atoms with E-state index in [1.165, 1.54) is 38.3 Å². The largest absolute Gasteiger partial charge is 0.370 e. The Morgan fingerprint density at radius 3 is 2.77 bits per heavy atom. The molecule has 6 heteroatoms. The molecular weight excluding hydrogens is 280 g/mol. The van der Waals surface area contributed by atoms with Crippen LogP contribution >= 0.6 is 0 Å². The number of nitro groups is 1. The van der Waals surface area contributed by atoms with Crippen molar-refractivity contribution in [3.05, 3.63) is 27.9 Å². The number of aryl methyl sites for hydroxylation is 1. The third-order valence-electron chi connectivity index (χ3n) is 4.45. The van der Waals surface area contributed by atoms with Crippen LogP contribution in [0, 0.1) is 17.0 Å². The van der Waals surface area contributed by atoms with Gasteiger partial charge in [-0.25, -0.2) is 4.98 Å². The Bertz CT molecular complexity index is 501. The van der Waals surface area contributed by atoms with Crippen molar-refractivity contribution >= 4 is 11.5 Å². The molecule has 0 amide bonds. The van der Waals surface area contributed by atoms with Gasteiger partial charge in [0.2, 0.25) is 0 Å². The Hall–Kier alpha value is -1.69. The highest BCUT2D eigenvalue weighted by molar-refractivity contribution is 5.48. The standard InChI is InChI=1S/C16H26N4O2/c1-13-11-15(20(21)22)12-18-16(13)17-9-6-10-19(2)14-7-4-3-5-8-14/h11-12,14H,3-10H2,1-2H3,(H,17,18). The smallest absolute Gasteiger partial charge is 0.287 e. The van der Waals surface area contributed by atoms with Crippen molar-refractivity contribution in [1.82, 2.24) is 9.88 Å². The number of pyridine rings is 1. The number of rotatable bonds is 7. The zero-order chi connectivity index (χ0) is 15.9. The van der Waals surface area contributed by atoms with Gasteiger partial charge in [0.25, 0.3) is 5.69 Å². The predicted molar refractivity (Wildman–Crippen MR) is 88.2 cm³/mol. The van der Waals surface area contributed by atoms with E-state index in [0.717, 1.165) is 36.9 Å². The molecular formula is C16H26N4O2. The van der Waals surface area contributed by atoms with Gasteiger partial charge >= 0.3 is 0 Å². The van der Waals surface area contributed by atoms with Crippen LogP contribution in [0.1, 0.15) is 44.1 Å². The number of aromatic nitrogens is 1. The van der Waals surface area contributed by atoms with Crippen LogP contribution in [0.25, 0.3) is 0 Å². The average molecular weight is 306 g/mol. The molecule has 1 aliphatic rings. The maximum absolute atomic E-state index is 10.7. The van der Waals surface area contributed by atoms with Crippen LogP contribution in [0.15, 0.2) is 12.3 Å². The molecule has 0 atom stereocenters. The lowest BCUT2D eigenvalue weighted by Crippen LogP contribution is -2.34. The van der Waals surface area contributed by atoms with Gasteiger partial charge in [0.05, 0.1) is 4.92 Å². The molecule has 1 N–H and O–H groups in total. The topological polar surface area (TPSA) is 71.3 Å². The third kappa shape index (κ3) is 4.66. The first kappa shape index (κ1) is 16.7. The van der Waals surface area contributed by atoms with Crippen molar-refractivity contribution in [2.45, 2.75) is 51.5 Å². The van der Waals surface area contributed by atoms with Crippen LogP contribution in [0.5, 0.6) is 0 Å². The molecule has 0 saturated heterocycles. The minimum atomic E-state index is -0.414. The van der Waals surface area contributed by atoms with Crippen molar-refractivity contribution in [3.8, 4) is 0 Å². The highest BCUT2D eigenvalue weighted by Gasteiger charge is 2.17. The molecule has 1 saturated carbocycles. The van der Waals surface area contributed by atoms with Crippen LogP contribution in [0.3, 0.4) is 0 Å². The maximum Gasteiger partial charge on any atom is 0.287 e. The molecule has 122 valence electrons. The van der Waals surface area contributed by atoms with Crippen molar-refractivity contribution in [1.29, 1.82) is 0 Å². The first-order valence-corrected chi connectivity index (χ1v) is 8.13. The zero-order valence-corrected chi connectivity index (χ0v) is 13.5. The van der Waals surface area contributed by atoms with Gasteiger partial charge in [0, 0.05) is 18.7 Å². The van der Waals surface area contributed by atoms with E-state index in [1.807, 2.05) is 6.92 Å². The van der Waals surface area contributed by atoms with Gasteiger partial charge in [-0.1, -0.05) is 19.3 Å². The van der Waals surface area contributed by atoms with Crippen LogP contribution in [-0.2, 0) is 0 Å². The van der Waals surface area contributed by atoms with Crippen LogP contribution in [0.2, 0.25) is 0 Å². The molecule has 0 unspecified atom stereocenters. The number of hydrogen-bond acceptors (Lipinski definition) is 5. The van der Waals surface area contributed by atoms with E-state index < -0.39 is 4.92 Å². The minimum absolute atomic E-state index is 0.0417. The summed E-state index contributed by atoms with van der Waals surface area (Å²) in [5.41, 5.74) is 0.856. The Kier molecular flexibility index (Phi) is 6.12. The summed E-state index contributed by atoms with van der Waals surface area (Å²) in [4.78, 5) is 16.9. The molecule has 1 aromatic heterocycles. The molecule has 22 heavy (non-hydrogen) atoms. The second-order valence-electron chi connectivity index (χ2n) is 6.17. The van der Waals surface area contributed by atoms with Crippen LogP contribution in [0.4, 0.5) is 11.5 Å². The van der Waals surface area contributed by atoms with Gasteiger partial charge in [0.15, 0.2) is 0 Å². The summed E-state index contributed by atoms with van der Waals surface area (Å²) in [6.45, 7) is 3.75. The predicted octanol–water partition coefficient (Wildman–Crippen LogP) is 3.36. The van der Waals surface area contributed by atoms with E-state index in [4.69, 9.17) is 0 Å². The van der Waals surface area contributed by atoms with Gasteiger partial charge in [0.1, 0.15) is 12.0 Å². The lowest BCUT2D eigenvalue weighted by atomic mass is 9.94. The van der Waals surface area contributed by atoms with Crippen molar-refractivity contribution in [2.75, 3.05) is 25.5 Å². The molecule has 1 fully saturated rings. The molecule has 0 spiro atoms. The first-order chi connectivity index (χ1) is 10.6. The third-order valence-corrected chi connectivity index (χ3v) is 4.45. The summed E-state index contributed by atoms with van der Waals surface area (Å²) in [5, 5.41) is 14.0. The Morgan fingerprint density at radius 2 is 2.14 bits per heavy atom. The van der Waals surface area contributed by atoms with E-state index >= 15 is 0 Å². The van der Waals surface area contributed by atoms with Crippen molar-refractivity contribution < 1.29 is 4.92 Å². The van der Waals surface area contributed by atoms with E-state index in [0.29, 0.717) is 0 Å². The molecule has 0 aliphatic heterocycles. The number of nitrogens with zero attached hydrogens (tertiary/aromatic N) is 3. The number of nitrogens with one attached hydrogen (secondary N) is 1. The fourth-order valence-corrected chi connectivity index (χ4v) is 3.08. The lowest BCUT2D eigenvalue weighted by molar-refractivity contribution is -0.385. The zero-order valence-electron chi connectivity index (χ0n) is 13.5. The number of anilines is 1. The fraction of sp³-hybridized carbons (Fsp3) is 0.688. The summed E-state index contributed by atoms with van der Waals surface area (Å²) in [6.07, 6.45) is 9.11. The monoisotopic (exact) mass is 306 g/mol. The van der Waals surface area contributed by atoms with Crippen molar-refractivity contribution in [3.63, 3.8) is 0 Å². The van der Waals surface area contributed by atoms with Crippen LogP contribution in [-0.4, -0.2) is 41.0 Å². The van der Waals surface area contributed by atoms with E-state index in [2.05, 4.69) is 22.2 Å². The summed E-state index contributed by atoms with van der Waals surface area (Å²) in [5.74, 6) is 0.742. The number of hydrogen-bond donors (Lipinski definition) is 1. The summed E-state index contributed by atoms with van der Waals surface area (Å²) in [6, 6.07) is 2.30. The van der Waals surface area contributed by atoms with Crippen molar-refractivity contribution in [2.24, 2.45) is 0 Å². The first-order valence-electron chi connectivity index (χ1n) is 8.13. The highest BCUT2D eigenvalue weighted by Crippen LogP contribution is 2.22. The second-order valence-corrected chi connectivity index (χ2v) is 6.17. The molecule has 6 nitrogen and oxygen atoms in total. The molecule has 0 radical (unpaired) electrons. The van der Waals surface area contributed by atoms with Gasteiger partial charge in [-0.2, -0.15) is 0 Å². The van der Waals surface area contributed by atoms with E-state index in [9.17, 15) is 10.1 Å². The minimum Gasteiger partial charge on any atom is -0.370 e. The quantitative estimate of drug-likeness (QED) is 0.475. The van der Waals surface area contributed by atoms with Gasteiger partial charge < -0.3 is 10.2 Å². The fourth-order valence-electron chi connectivity index (χ4n) is 3.08. The van der Waals surface area contributed by atoms with E-state index in [-0.39, 0.29) is 5.69 Å². The normalized spacial score (nSPS) is 16.0. The Morgan fingerprint density at radius 1 is 1.41 bits per heavy atom.